The van der Waals surface area contributed by atoms with Gasteiger partial charge in [-0.2, -0.15) is 11.8 Å². The van der Waals surface area contributed by atoms with E-state index in [0.717, 1.165) is 5.75 Å². The Labute approximate surface area is 132 Å². The maximum absolute atomic E-state index is 12.2. The maximum atomic E-state index is 12.2. The molecule has 0 amide bonds. The fourth-order valence-corrected chi connectivity index (χ4v) is 3.39. The standard InChI is InChI=1S/C17H27NO2S/c1-6-20-16(19)17(5,18-13(2)3)12-21-11-15-9-7-8-14(4)10-15/h7-10,13,18H,6,11-12H2,1-5H3. The van der Waals surface area contributed by atoms with Crippen LogP contribution in [0.15, 0.2) is 24.3 Å². The minimum Gasteiger partial charge on any atom is -0.465 e. The molecule has 1 N–H and O–H groups in total. The summed E-state index contributed by atoms with van der Waals surface area (Å²) in [5, 5.41) is 3.34. The average Bonchev–Trinajstić information content (AvgIpc) is 2.38. The Morgan fingerprint density at radius 2 is 2.14 bits per heavy atom. The minimum atomic E-state index is -0.640. The fraction of sp³-hybridized carbons (Fsp3) is 0.588. The van der Waals surface area contributed by atoms with Crippen molar-refractivity contribution in [2.45, 2.75) is 52.0 Å². The minimum absolute atomic E-state index is 0.171. The molecule has 0 radical (unpaired) electrons. The molecule has 0 heterocycles. The number of hydrogen-bond acceptors (Lipinski definition) is 4. The summed E-state index contributed by atoms with van der Waals surface area (Å²) in [4.78, 5) is 12.2. The third-order valence-electron chi connectivity index (χ3n) is 3.08. The molecule has 1 atom stereocenters. The van der Waals surface area contributed by atoms with Crippen molar-refractivity contribution in [3.63, 3.8) is 0 Å². The van der Waals surface area contributed by atoms with Crippen molar-refractivity contribution >= 4 is 17.7 Å². The molecule has 0 aliphatic heterocycles. The van der Waals surface area contributed by atoms with Gasteiger partial charge in [-0.05, 0) is 40.2 Å². The molecular weight excluding hydrogens is 282 g/mol. The molecule has 0 saturated heterocycles. The van der Waals surface area contributed by atoms with Crippen molar-refractivity contribution in [3.05, 3.63) is 35.4 Å². The van der Waals surface area contributed by atoms with Gasteiger partial charge in [0.15, 0.2) is 0 Å². The van der Waals surface area contributed by atoms with Crippen LogP contribution in [0.1, 0.15) is 38.8 Å². The highest BCUT2D eigenvalue weighted by molar-refractivity contribution is 7.98. The predicted molar refractivity (Wildman–Crippen MR) is 90.7 cm³/mol. The lowest BCUT2D eigenvalue weighted by atomic mass is 10.0. The van der Waals surface area contributed by atoms with Crippen molar-refractivity contribution in [1.29, 1.82) is 0 Å². The van der Waals surface area contributed by atoms with Crippen molar-refractivity contribution in [1.82, 2.24) is 5.32 Å². The summed E-state index contributed by atoms with van der Waals surface area (Å²) in [6.45, 7) is 10.4. The first-order valence-electron chi connectivity index (χ1n) is 7.45. The molecule has 118 valence electrons. The molecule has 21 heavy (non-hydrogen) atoms. The molecule has 1 rings (SSSR count). The first kappa shape index (κ1) is 18.1. The van der Waals surface area contributed by atoms with Crippen LogP contribution in [0.5, 0.6) is 0 Å². The molecule has 0 bridgehead atoms. The Morgan fingerprint density at radius 3 is 2.71 bits per heavy atom. The molecule has 0 aromatic heterocycles. The van der Waals surface area contributed by atoms with Crippen molar-refractivity contribution in [2.24, 2.45) is 0 Å². The van der Waals surface area contributed by atoms with E-state index in [1.165, 1.54) is 11.1 Å². The molecule has 0 aliphatic carbocycles. The topological polar surface area (TPSA) is 38.3 Å². The molecule has 1 unspecified atom stereocenters. The van der Waals surface area contributed by atoms with Gasteiger partial charge in [0.05, 0.1) is 6.61 Å². The molecule has 0 saturated carbocycles. The number of carbonyl (C=O) groups is 1. The second kappa shape index (κ2) is 8.44. The predicted octanol–water partition coefficient (Wildman–Crippen LogP) is 3.55. The van der Waals surface area contributed by atoms with Crippen molar-refractivity contribution in [3.8, 4) is 0 Å². The van der Waals surface area contributed by atoms with E-state index in [1.807, 2.05) is 27.7 Å². The summed E-state index contributed by atoms with van der Waals surface area (Å²) in [5.41, 5.74) is 1.91. The van der Waals surface area contributed by atoms with Crippen molar-refractivity contribution < 1.29 is 9.53 Å². The zero-order valence-electron chi connectivity index (χ0n) is 13.7. The van der Waals surface area contributed by atoms with Gasteiger partial charge in [-0.3, -0.25) is 10.1 Å². The highest BCUT2D eigenvalue weighted by Gasteiger charge is 2.34. The summed E-state index contributed by atoms with van der Waals surface area (Å²) < 4.78 is 5.22. The first-order valence-corrected chi connectivity index (χ1v) is 8.61. The highest BCUT2D eigenvalue weighted by Crippen LogP contribution is 2.20. The van der Waals surface area contributed by atoms with Crippen LogP contribution in [0.3, 0.4) is 0 Å². The summed E-state index contributed by atoms with van der Waals surface area (Å²) in [5.74, 6) is 1.42. The zero-order valence-corrected chi connectivity index (χ0v) is 14.5. The van der Waals surface area contributed by atoms with E-state index in [2.05, 4.69) is 36.5 Å². The van der Waals surface area contributed by atoms with Crippen LogP contribution in [0.4, 0.5) is 0 Å². The van der Waals surface area contributed by atoms with E-state index in [9.17, 15) is 4.79 Å². The monoisotopic (exact) mass is 309 g/mol. The highest BCUT2D eigenvalue weighted by atomic mass is 32.2. The van der Waals surface area contributed by atoms with Gasteiger partial charge in [0.1, 0.15) is 5.54 Å². The average molecular weight is 309 g/mol. The Morgan fingerprint density at radius 1 is 1.43 bits per heavy atom. The van der Waals surface area contributed by atoms with Gasteiger partial charge in [-0.1, -0.05) is 29.8 Å². The summed E-state index contributed by atoms with van der Waals surface area (Å²) in [7, 11) is 0. The molecular formula is C17H27NO2S. The Hall–Kier alpha value is -1.00. The first-order chi connectivity index (χ1) is 9.87. The number of nitrogens with one attached hydrogen (secondary N) is 1. The van der Waals surface area contributed by atoms with Gasteiger partial charge in [0.2, 0.25) is 0 Å². The lowest BCUT2D eigenvalue weighted by molar-refractivity contribution is -0.149. The smallest absolute Gasteiger partial charge is 0.326 e. The van der Waals surface area contributed by atoms with Crippen molar-refractivity contribution in [2.75, 3.05) is 12.4 Å². The summed E-state index contributed by atoms with van der Waals surface area (Å²) in [6, 6.07) is 8.71. The van der Waals surface area contributed by atoms with Gasteiger partial charge in [-0.15, -0.1) is 0 Å². The Bertz CT molecular complexity index is 462. The normalized spacial score (nSPS) is 14.0. The van der Waals surface area contributed by atoms with E-state index in [4.69, 9.17) is 4.74 Å². The lowest BCUT2D eigenvalue weighted by Crippen LogP contribution is -2.55. The van der Waals surface area contributed by atoms with E-state index in [-0.39, 0.29) is 12.0 Å². The van der Waals surface area contributed by atoms with Gasteiger partial charge < -0.3 is 4.74 Å². The van der Waals surface area contributed by atoms with Gasteiger partial charge in [0, 0.05) is 17.5 Å². The second-order valence-electron chi connectivity index (χ2n) is 5.83. The van der Waals surface area contributed by atoms with E-state index < -0.39 is 5.54 Å². The fourth-order valence-electron chi connectivity index (χ4n) is 2.26. The number of ether oxygens (including phenoxy) is 1. The number of carbonyl (C=O) groups excluding carboxylic acids is 1. The molecule has 1 aromatic carbocycles. The van der Waals surface area contributed by atoms with Gasteiger partial charge >= 0.3 is 5.97 Å². The largest absolute Gasteiger partial charge is 0.465 e. The van der Waals surface area contributed by atoms with Gasteiger partial charge in [0.25, 0.3) is 0 Å². The molecule has 0 aliphatic rings. The Kier molecular flexibility index (Phi) is 7.26. The number of esters is 1. The van der Waals surface area contributed by atoms with Gasteiger partial charge in [-0.25, -0.2) is 0 Å². The Balaban J connectivity index is 2.62. The SMILES string of the molecule is CCOC(=O)C(C)(CSCc1cccc(C)c1)NC(C)C. The third-order valence-corrected chi connectivity index (χ3v) is 4.39. The number of rotatable bonds is 8. The summed E-state index contributed by atoms with van der Waals surface area (Å²) in [6.07, 6.45) is 0. The maximum Gasteiger partial charge on any atom is 0.326 e. The van der Waals surface area contributed by atoms with Crippen LogP contribution in [0.25, 0.3) is 0 Å². The van der Waals surface area contributed by atoms with Crippen LogP contribution in [0, 0.1) is 6.92 Å². The number of hydrogen-bond donors (Lipinski definition) is 1. The van der Waals surface area contributed by atoms with Crippen LogP contribution in [0.2, 0.25) is 0 Å². The van der Waals surface area contributed by atoms with Crippen LogP contribution >= 0.6 is 11.8 Å². The van der Waals surface area contributed by atoms with Crippen LogP contribution in [-0.4, -0.2) is 29.9 Å². The van der Waals surface area contributed by atoms with E-state index >= 15 is 0 Å². The number of thioether (sulfide) groups is 1. The van der Waals surface area contributed by atoms with E-state index in [1.54, 1.807) is 11.8 Å². The molecule has 1 aromatic rings. The second-order valence-corrected chi connectivity index (χ2v) is 6.82. The molecule has 4 heteroatoms. The third kappa shape index (κ3) is 6.10. The quantitative estimate of drug-likeness (QED) is 0.745. The number of benzene rings is 1. The molecule has 0 fully saturated rings. The lowest BCUT2D eigenvalue weighted by Gasteiger charge is -2.30. The van der Waals surface area contributed by atoms with Crippen LogP contribution in [-0.2, 0) is 15.3 Å². The van der Waals surface area contributed by atoms with E-state index in [0.29, 0.717) is 12.4 Å². The molecule has 0 spiro atoms. The zero-order chi connectivity index (χ0) is 15.9. The number of aryl methyl sites for hydroxylation is 1. The van der Waals surface area contributed by atoms with Crippen LogP contribution < -0.4 is 5.32 Å². The molecule has 3 nitrogen and oxygen atoms in total. The summed E-state index contributed by atoms with van der Waals surface area (Å²) >= 11 is 1.75.